The molecule has 0 spiro atoms. The van der Waals surface area contributed by atoms with Crippen molar-refractivity contribution in [1.29, 1.82) is 5.41 Å². The molecule has 1 aromatic carbocycles. The third-order valence-electron chi connectivity index (χ3n) is 6.52. The van der Waals surface area contributed by atoms with Crippen molar-refractivity contribution in [2.45, 2.75) is 18.9 Å². The predicted molar refractivity (Wildman–Crippen MR) is 133 cm³/mol. The summed E-state index contributed by atoms with van der Waals surface area (Å²) in [5.41, 5.74) is 4.53. The van der Waals surface area contributed by atoms with Crippen molar-refractivity contribution < 1.29 is 14.2 Å². The summed E-state index contributed by atoms with van der Waals surface area (Å²) in [5, 5.41) is 17.1. The summed E-state index contributed by atoms with van der Waals surface area (Å²) in [6.07, 6.45) is 4.91. The maximum Gasteiger partial charge on any atom is 0.260 e. The van der Waals surface area contributed by atoms with Crippen LogP contribution in [0.4, 0.5) is 0 Å². The third kappa shape index (κ3) is 3.90. The number of ether oxygens (including phenoxy) is 3. The Kier molecular flexibility index (Phi) is 5.67. The SMILES string of the molecule is Cc1ccc2[nH]ncc2c1C1C=C(c2cccc(OC[C@H]3COCCO3)n2)c2nc[nH]c(=O)c2C1=N. The highest BCUT2D eigenvalue weighted by Crippen LogP contribution is 2.39. The molecule has 182 valence electrons. The van der Waals surface area contributed by atoms with Gasteiger partial charge in [0, 0.05) is 22.9 Å². The van der Waals surface area contributed by atoms with Gasteiger partial charge in [-0.1, -0.05) is 18.2 Å². The number of pyridine rings is 1. The maximum atomic E-state index is 12.9. The number of aryl methyl sites for hydroxylation is 1. The summed E-state index contributed by atoms with van der Waals surface area (Å²) in [7, 11) is 0. The fourth-order valence-electron chi connectivity index (χ4n) is 4.79. The fourth-order valence-corrected chi connectivity index (χ4v) is 4.79. The van der Waals surface area contributed by atoms with Crippen molar-refractivity contribution >= 4 is 22.2 Å². The molecule has 1 saturated heterocycles. The van der Waals surface area contributed by atoms with Crippen LogP contribution in [-0.2, 0) is 9.47 Å². The molecule has 0 amide bonds. The van der Waals surface area contributed by atoms with Gasteiger partial charge in [0.1, 0.15) is 12.7 Å². The molecule has 2 aliphatic rings. The zero-order chi connectivity index (χ0) is 24.6. The van der Waals surface area contributed by atoms with Crippen molar-refractivity contribution in [1.82, 2.24) is 25.1 Å². The zero-order valence-electron chi connectivity index (χ0n) is 19.6. The molecule has 10 heteroatoms. The van der Waals surface area contributed by atoms with E-state index in [0.29, 0.717) is 49.3 Å². The van der Waals surface area contributed by atoms with Crippen LogP contribution >= 0.6 is 0 Å². The quantitative estimate of drug-likeness (QED) is 0.396. The van der Waals surface area contributed by atoms with Gasteiger partial charge >= 0.3 is 0 Å². The molecule has 1 unspecified atom stereocenters. The van der Waals surface area contributed by atoms with Crippen molar-refractivity contribution in [2.24, 2.45) is 0 Å². The molecule has 2 atom stereocenters. The van der Waals surface area contributed by atoms with Crippen LogP contribution < -0.4 is 10.3 Å². The second-order valence-corrected chi connectivity index (χ2v) is 8.79. The monoisotopic (exact) mass is 484 g/mol. The molecule has 0 bridgehead atoms. The largest absolute Gasteiger partial charge is 0.475 e. The predicted octanol–water partition coefficient (Wildman–Crippen LogP) is 2.74. The third-order valence-corrected chi connectivity index (χ3v) is 6.52. The van der Waals surface area contributed by atoms with E-state index in [1.54, 1.807) is 12.3 Å². The average molecular weight is 485 g/mol. The lowest BCUT2D eigenvalue weighted by Gasteiger charge is -2.26. The van der Waals surface area contributed by atoms with Gasteiger partial charge in [0.05, 0.1) is 60.5 Å². The maximum absolute atomic E-state index is 12.9. The van der Waals surface area contributed by atoms with Gasteiger partial charge in [-0.25, -0.2) is 9.97 Å². The Hall–Kier alpha value is -4.15. The molecule has 1 aliphatic heterocycles. The average Bonchev–Trinajstić information content (AvgIpc) is 3.38. The first kappa shape index (κ1) is 22.3. The zero-order valence-corrected chi connectivity index (χ0v) is 19.6. The Morgan fingerprint density at radius 1 is 1.22 bits per heavy atom. The number of nitrogens with zero attached hydrogens (tertiary/aromatic N) is 3. The van der Waals surface area contributed by atoms with E-state index in [4.69, 9.17) is 24.6 Å². The number of hydrogen-bond acceptors (Lipinski definition) is 8. The first-order valence-corrected chi connectivity index (χ1v) is 11.7. The van der Waals surface area contributed by atoms with Gasteiger partial charge in [-0.15, -0.1) is 0 Å². The van der Waals surface area contributed by atoms with Crippen molar-refractivity contribution in [3.05, 3.63) is 87.4 Å². The number of H-pyrrole nitrogens is 2. The fraction of sp³-hybridized carbons (Fsp3) is 0.269. The Morgan fingerprint density at radius 3 is 3.00 bits per heavy atom. The summed E-state index contributed by atoms with van der Waals surface area (Å²) in [6, 6.07) is 9.43. The van der Waals surface area contributed by atoms with E-state index in [1.807, 2.05) is 37.3 Å². The van der Waals surface area contributed by atoms with Gasteiger partial charge in [-0.05, 0) is 30.2 Å². The van der Waals surface area contributed by atoms with E-state index < -0.39 is 5.92 Å². The van der Waals surface area contributed by atoms with E-state index in [9.17, 15) is 4.79 Å². The topological polar surface area (TPSA) is 139 Å². The molecule has 10 nitrogen and oxygen atoms in total. The second-order valence-electron chi connectivity index (χ2n) is 8.79. The smallest absolute Gasteiger partial charge is 0.260 e. The summed E-state index contributed by atoms with van der Waals surface area (Å²) in [4.78, 5) is 24.7. The van der Waals surface area contributed by atoms with Crippen molar-refractivity contribution in [2.75, 3.05) is 26.4 Å². The van der Waals surface area contributed by atoms with Gasteiger partial charge in [0.15, 0.2) is 0 Å². The van der Waals surface area contributed by atoms with Crippen LogP contribution in [0.2, 0.25) is 0 Å². The van der Waals surface area contributed by atoms with Crippen LogP contribution in [0, 0.1) is 12.3 Å². The highest BCUT2D eigenvalue weighted by atomic mass is 16.6. The van der Waals surface area contributed by atoms with Crippen LogP contribution in [0.15, 0.2) is 53.7 Å². The summed E-state index contributed by atoms with van der Waals surface area (Å²) < 4.78 is 17.0. The molecule has 3 aromatic heterocycles. The van der Waals surface area contributed by atoms with E-state index in [0.717, 1.165) is 22.0 Å². The number of fused-ring (bicyclic) bond motifs is 2. The Morgan fingerprint density at radius 2 is 2.14 bits per heavy atom. The first-order chi connectivity index (χ1) is 17.6. The van der Waals surface area contributed by atoms with Crippen LogP contribution in [0.25, 0.3) is 16.5 Å². The number of rotatable bonds is 5. The molecule has 1 fully saturated rings. The number of hydrogen-bond donors (Lipinski definition) is 3. The second kappa shape index (κ2) is 9.14. The van der Waals surface area contributed by atoms with E-state index in [2.05, 4.69) is 20.2 Å². The van der Waals surface area contributed by atoms with Gasteiger partial charge in [-0.3, -0.25) is 9.89 Å². The lowest BCUT2D eigenvalue weighted by molar-refractivity contribution is -0.102. The summed E-state index contributed by atoms with van der Waals surface area (Å²) in [5.74, 6) is -0.0578. The molecule has 1 aliphatic carbocycles. The van der Waals surface area contributed by atoms with Gasteiger partial charge in [0.2, 0.25) is 5.88 Å². The first-order valence-electron chi connectivity index (χ1n) is 11.7. The molecule has 6 rings (SSSR count). The van der Waals surface area contributed by atoms with Crippen LogP contribution in [0.1, 0.15) is 34.0 Å². The van der Waals surface area contributed by atoms with E-state index in [1.165, 1.54) is 6.33 Å². The minimum absolute atomic E-state index is 0.151. The molecule has 0 saturated carbocycles. The molecule has 4 heterocycles. The Bertz CT molecular complexity index is 1550. The van der Waals surface area contributed by atoms with Crippen LogP contribution in [0.3, 0.4) is 0 Å². The van der Waals surface area contributed by atoms with Crippen LogP contribution in [-0.4, -0.2) is 63.4 Å². The number of aromatic nitrogens is 5. The molecule has 36 heavy (non-hydrogen) atoms. The highest BCUT2D eigenvalue weighted by Gasteiger charge is 2.32. The molecular formula is C26H24N6O4. The molecule has 4 aromatic rings. The van der Waals surface area contributed by atoms with Crippen molar-refractivity contribution in [3.8, 4) is 5.88 Å². The van der Waals surface area contributed by atoms with Crippen molar-refractivity contribution in [3.63, 3.8) is 0 Å². The number of nitrogens with one attached hydrogen (secondary N) is 3. The lowest BCUT2D eigenvalue weighted by atomic mass is 9.79. The number of benzene rings is 1. The summed E-state index contributed by atoms with van der Waals surface area (Å²) >= 11 is 0. The molecular weight excluding hydrogens is 460 g/mol. The van der Waals surface area contributed by atoms with E-state index in [-0.39, 0.29) is 22.9 Å². The Balaban J connectivity index is 1.44. The van der Waals surface area contributed by atoms with E-state index >= 15 is 0 Å². The number of aromatic amines is 2. The summed E-state index contributed by atoms with van der Waals surface area (Å²) in [6.45, 7) is 3.93. The number of allylic oxidation sites excluding steroid dienone is 1. The normalized spacial score (nSPS) is 19.7. The minimum Gasteiger partial charge on any atom is -0.475 e. The van der Waals surface area contributed by atoms with Crippen LogP contribution in [0.5, 0.6) is 5.88 Å². The molecule has 3 N–H and O–H groups in total. The highest BCUT2D eigenvalue weighted by molar-refractivity contribution is 6.12. The van der Waals surface area contributed by atoms with Gasteiger partial charge in [-0.2, -0.15) is 5.10 Å². The Labute approximate surface area is 205 Å². The lowest BCUT2D eigenvalue weighted by Crippen LogP contribution is -2.33. The minimum atomic E-state index is -0.488. The van der Waals surface area contributed by atoms with Gasteiger partial charge in [0.25, 0.3) is 5.56 Å². The van der Waals surface area contributed by atoms with Gasteiger partial charge < -0.3 is 24.6 Å². The standard InChI is InChI=1S/C26H24N6O4/c1-14-5-6-20-18(10-30-32-20)22(14)17-9-16(25-23(24(17)27)26(33)29-13-28-25)19-3-2-4-21(31-19)36-12-15-11-34-7-8-35-15/h2-6,9-10,13,15,17,27H,7-8,11-12H2,1H3,(H,30,32)(H,28,29,33)/t15-,17?/m1/s1. The molecule has 0 radical (unpaired) electrons.